The van der Waals surface area contributed by atoms with Crippen LogP contribution in [0.1, 0.15) is 5.56 Å². The number of alkyl halides is 1. The van der Waals surface area contributed by atoms with Gasteiger partial charge in [0.15, 0.2) is 0 Å². The summed E-state index contributed by atoms with van der Waals surface area (Å²) in [5.41, 5.74) is 1.62. The number of hydrogen-bond acceptors (Lipinski definition) is 0. The Bertz CT molecular complexity index is 596. The monoisotopic (exact) mass is 322 g/mol. The summed E-state index contributed by atoms with van der Waals surface area (Å²) in [6.45, 7) is 0. The molecule has 0 aliphatic rings. The molecule has 0 saturated heterocycles. The predicted molar refractivity (Wildman–Crippen MR) is 76.4 cm³/mol. The van der Waals surface area contributed by atoms with Crippen molar-refractivity contribution in [2.24, 2.45) is 0 Å². The molecule has 0 aliphatic heterocycles. The minimum Gasteiger partial charge on any atom is -0.207 e. The second kappa shape index (κ2) is 5.66. The molecule has 2 aromatic rings. The molecule has 2 rings (SSSR count). The average Bonchev–Trinajstić information content (AvgIpc) is 2.33. The first-order valence-corrected chi connectivity index (χ1v) is 6.69. The first-order chi connectivity index (χ1) is 8.54. The molecule has 0 fully saturated rings. The van der Waals surface area contributed by atoms with Gasteiger partial charge in [0.25, 0.3) is 0 Å². The minimum absolute atomic E-state index is 0.0541. The Labute approximate surface area is 124 Å². The zero-order valence-electron chi connectivity index (χ0n) is 8.98. The molecular formula is C13H7Cl4F. The molecule has 0 spiro atoms. The van der Waals surface area contributed by atoms with E-state index in [-0.39, 0.29) is 11.7 Å². The minimum atomic E-state index is -0.371. The van der Waals surface area contributed by atoms with Gasteiger partial charge in [-0.15, -0.1) is 11.6 Å². The van der Waals surface area contributed by atoms with Crippen molar-refractivity contribution in [1.29, 1.82) is 0 Å². The van der Waals surface area contributed by atoms with Crippen LogP contribution in [0.25, 0.3) is 11.1 Å². The maximum Gasteiger partial charge on any atom is 0.128 e. The smallest absolute Gasteiger partial charge is 0.128 e. The molecule has 0 unspecified atom stereocenters. The summed E-state index contributed by atoms with van der Waals surface area (Å²) >= 11 is 23.7. The number of rotatable bonds is 2. The molecule has 5 heteroatoms. The molecule has 2 aromatic carbocycles. The molecule has 94 valence electrons. The van der Waals surface area contributed by atoms with Crippen LogP contribution in [0, 0.1) is 5.82 Å². The van der Waals surface area contributed by atoms with Gasteiger partial charge in [-0.1, -0.05) is 46.9 Å². The van der Waals surface area contributed by atoms with Crippen molar-refractivity contribution in [3.05, 3.63) is 56.8 Å². The van der Waals surface area contributed by atoms with Crippen molar-refractivity contribution in [3.63, 3.8) is 0 Å². The van der Waals surface area contributed by atoms with Gasteiger partial charge < -0.3 is 0 Å². The second-order valence-corrected chi connectivity index (χ2v) is 5.13. The lowest BCUT2D eigenvalue weighted by Crippen LogP contribution is -1.92. The fourth-order valence-corrected chi connectivity index (χ4v) is 2.60. The Kier molecular flexibility index (Phi) is 4.39. The van der Waals surface area contributed by atoms with E-state index >= 15 is 0 Å². The van der Waals surface area contributed by atoms with Gasteiger partial charge in [-0.2, -0.15) is 0 Å². The molecule has 0 atom stereocenters. The third-order valence-corrected chi connectivity index (χ3v) is 3.85. The molecule has 0 amide bonds. The van der Waals surface area contributed by atoms with Crippen molar-refractivity contribution in [3.8, 4) is 11.1 Å². The quantitative estimate of drug-likeness (QED) is 0.456. The van der Waals surface area contributed by atoms with Crippen LogP contribution in [-0.4, -0.2) is 0 Å². The van der Waals surface area contributed by atoms with Crippen molar-refractivity contribution in [2.75, 3.05) is 0 Å². The van der Waals surface area contributed by atoms with Gasteiger partial charge >= 0.3 is 0 Å². The van der Waals surface area contributed by atoms with Crippen molar-refractivity contribution < 1.29 is 4.39 Å². The highest BCUT2D eigenvalue weighted by atomic mass is 35.5. The maximum absolute atomic E-state index is 13.7. The molecule has 0 radical (unpaired) electrons. The lowest BCUT2D eigenvalue weighted by molar-refractivity contribution is 0.617. The van der Waals surface area contributed by atoms with Crippen LogP contribution in [0.15, 0.2) is 30.3 Å². The van der Waals surface area contributed by atoms with Gasteiger partial charge in [0, 0.05) is 16.1 Å². The van der Waals surface area contributed by atoms with Crippen molar-refractivity contribution in [1.82, 2.24) is 0 Å². The number of benzene rings is 2. The fourth-order valence-electron chi connectivity index (χ4n) is 1.68. The summed E-state index contributed by atoms with van der Waals surface area (Å²) < 4.78 is 13.7. The van der Waals surface area contributed by atoms with E-state index in [1.165, 1.54) is 12.1 Å². The van der Waals surface area contributed by atoms with Crippen LogP contribution in [0.4, 0.5) is 4.39 Å². The van der Waals surface area contributed by atoms with Gasteiger partial charge in [0.2, 0.25) is 0 Å². The Hall–Kier alpha value is -0.470. The Balaban J connectivity index is 2.69. The van der Waals surface area contributed by atoms with Crippen LogP contribution in [0.2, 0.25) is 15.1 Å². The van der Waals surface area contributed by atoms with Gasteiger partial charge in [-0.25, -0.2) is 4.39 Å². The molecule has 0 bridgehead atoms. The number of hydrogen-bond donors (Lipinski definition) is 0. The zero-order valence-corrected chi connectivity index (χ0v) is 12.0. The van der Waals surface area contributed by atoms with Gasteiger partial charge in [0.05, 0.1) is 15.9 Å². The maximum atomic E-state index is 13.7. The zero-order chi connectivity index (χ0) is 13.3. The Morgan fingerprint density at radius 2 is 1.56 bits per heavy atom. The normalized spacial score (nSPS) is 10.7. The highest BCUT2D eigenvalue weighted by Crippen LogP contribution is 2.37. The Morgan fingerprint density at radius 3 is 2.22 bits per heavy atom. The topological polar surface area (TPSA) is 0 Å². The SMILES string of the molecule is Fc1cccc(-c2cc(Cl)c(Cl)cc2Cl)c1CCl. The van der Waals surface area contributed by atoms with Crippen molar-refractivity contribution in [2.45, 2.75) is 5.88 Å². The van der Waals surface area contributed by atoms with Crippen LogP contribution in [-0.2, 0) is 5.88 Å². The lowest BCUT2D eigenvalue weighted by atomic mass is 10.00. The van der Waals surface area contributed by atoms with Gasteiger partial charge in [-0.05, 0) is 23.8 Å². The first-order valence-electron chi connectivity index (χ1n) is 5.03. The largest absolute Gasteiger partial charge is 0.207 e. The summed E-state index contributed by atoms with van der Waals surface area (Å²) in [4.78, 5) is 0. The highest BCUT2D eigenvalue weighted by Gasteiger charge is 2.14. The standard InChI is InChI=1S/C13H7Cl4F/c14-6-9-7(2-1-3-13(9)18)8-4-11(16)12(17)5-10(8)15/h1-5H,6H2. The van der Waals surface area contributed by atoms with Crippen molar-refractivity contribution >= 4 is 46.4 Å². The average molecular weight is 324 g/mol. The molecular weight excluding hydrogens is 317 g/mol. The molecule has 18 heavy (non-hydrogen) atoms. The Morgan fingerprint density at radius 1 is 0.889 bits per heavy atom. The highest BCUT2D eigenvalue weighted by molar-refractivity contribution is 6.44. The van der Waals surface area contributed by atoms with E-state index in [1.54, 1.807) is 18.2 Å². The predicted octanol–water partition coefficient (Wildman–Crippen LogP) is 6.19. The first kappa shape index (κ1) is 14.0. The summed E-state index contributed by atoms with van der Waals surface area (Å²) in [5, 5.41) is 1.12. The van der Waals surface area contributed by atoms with Crippen LogP contribution < -0.4 is 0 Å². The van der Waals surface area contributed by atoms with Crippen LogP contribution in [0.3, 0.4) is 0 Å². The van der Waals surface area contributed by atoms with E-state index in [9.17, 15) is 4.39 Å². The third kappa shape index (κ3) is 2.60. The van der Waals surface area contributed by atoms with E-state index < -0.39 is 0 Å². The molecule has 0 aliphatic carbocycles. The molecule has 0 aromatic heterocycles. The molecule has 0 heterocycles. The fraction of sp³-hybridized carbons (Fsp3) is 0.0769. The van der Waals surface area contributed by atoms with E-state index in [1.807, 2.05) is 0 Å². The number of halogens is 5. The van der Waals surface area contributed by atoms with Gasteiger partial charge in [-0.3, -0.25) is 0 Å². The molecule has 0 nitrogen and oxygen atoms in total. The summed E-state index contributed by atoms with van der Waals surface area (Å²) in [6, 6.07) is 7.83. The van der Waals surface area contributed by atoms with E-state index in [2.05, 4.69) is 0 Å². The summed E-state index contributed by atoms with van der Waals surface area (Å²) in [5.74, 6) is -0.317. The lowest BCUT2D eigenvalue weighted by Gasteiger charge is -2.11. The van der Waals surface area contributed by atoms with E-state index in [4.69, 9.17) is 46.4 Å². The van der Waals surface area contributed by atoms with E-state index in [0.717, 1.165) is 0 Å². The summed E-state index contributed by atoms with van der Waals surface area (Å²) in [7, 11) is 0. The molecule has 0 N–H and O–H groups in total. The van der Waals surface area contributed by atoms with Crippen LogP contribution >= 0.6 is 46.4 Å². The van der Waals surface area contributed by atoms with Gasteiger partial charge in [0.1, 0.15) is 5.82 Å². The van der Waals surface area contributed by atoms with E-state index in [0.29, 0.717) is 31.8 Å². The molecule has 0 saturated carbocycles. The second-order valence-electron chi connectivity index (χ2n) is 3.65. The summed E-state index contributed by atoms with van der Waals surface area (Å²) in [6.07, 6.45) is 0. The van der Waals surface area contributed by atoms with Crippen LogP contribution in [0.5, 0.6) is 0 Å². The third-order valence-electron chi connectivity index (χ3n) is 2.55.